The Balaban J connectivity index is 1.31. The molecule has 1 heterocycles. The van der Waals surface area contributed by atoms with E-state index in [9.17, 15) is 0 Å². The van der Waals surface area contributed by atoms with Gasteiger partial charge in [-0.1, -0.05) is 177 Å². The van der Waals surface area contributed by atoms with Gasteiger partial charge in [-0.2, -0.15) is 0 Å². The molecule has 0 aliphatic heterocycles. The largest absolute Gasteiger partial charge is 0.236 e. The van der Waals surface area contributed by atoms with Crippen LogP contribution in [0.2, 0.25) is 0 Å². The highest BCUT2D eigenvalue weighted by atomic mass is 14.9. The summed E-state index contributed by atoms with van der Waals surface area (Å²) in [6.07, 6.45) is 10.3. The molecule has 2 heteroatoms. The zero-order valence-electron chi connectivity index (χ0n) is 28.7. The Morgan fingerprint density at radius 3 is 2.00 bits per heavy atom. The summed E-state index contributed by atoms with van der Waals surface area (Å²) in [7, 11) is 0. The van der Waals surface area contributed by atoms with Crippen LogP contribution in [0.15, 0.2) is 182 Å². The van der Waals surface area contributed by atoms with Gasteiger partial charge in [0, 0.05) is 22.9 Å². The minimum Gasteiger partial charge on any atom is -0.236 e. The highest BCUT2D eigenvalue weighted by molar-refractivity contribution is 5.97. The summed E-state index contributed by atoms with van der Waals surface area (Å²) >= 11 is 0. The number of hydrogen-bond acceptors (Lipinski definition) is 2. The van der Waals surface area contributed by atoms with Crippen molar-refractivity contribution < 1.29 is 0 Å². The van der Waals surface area contributed by atoms with E-state index in [0.29, 0.717) is 5.82 Å². The van der Waals surface area contributed by atoms with Gasteiger partial charge in [-0.3, -0.25) is 0 Å². The van der Waals surface area contributed by atoms with Crippen molar-refractivity contribution in [2.45, 2.75) is 26.7 Å². The number of rotatable bonds is 10. The molecule has 0 unspecified atom stereocenters. The van der Waals surface area contributed by atoms with Crippen molar-refractivity contribution in [3.63, 3.8) is 0 Å². The first kappa shape index (κ1) is 32.4. The fourth-order valence-electron chi connectivity index (χ4n) is 6.41. The fourth-order valence-corrected chi connectivity index (χ4v) is 6.41. The monoisotopic (exact) mass is 644 g/mol. The third kappa shape index (κ3) is 7.02. The number of fused-ring (bicyclic) bond motifs is 1. The van der Waals surface area contributed by atoms with E-state index in [4.69, 9.17) is 9.97 Å². The maximum absolute atomic E-state index is 5.29. The van der Waals surface area contributed by atoms with Crippen molar-refractivity contribution in [3.05, 3.63) is 188 Å². The molecule has 0 N–H and O–H groups in total. The number of allylic oxidation sites excluding steroid dienone is 5. The van der Waals surface area contributed by atoms with Gasteiger partial charge in [0.05, 0.1) is 5.69 Å². The van der Waals surface area contributed by atoms with Gasteiger partial charge in [0.1, 0.15) is 0 Å². The van der Waals surface area contributed by atoms with Crippen molar-refractivity contribution in [1.82, 2.24) is 9.97 Å². The molecule has 50 heavy (non-hydrogen) atoms. The first-order valence-electron chi connectivity index (χ1n) is 17.3. The van der Waals surface area contributed by atoms with Gasteiger partial charge < -0.3 is 0 Å². The molecule has 0 spiro atoms. The van der Waals surface area contributed by atoms with E-state index in [2.05, 4.69) is 178 Å². The lowest BCUT2D eigenvalue weighted by atomic mass is 9.95. The second kappa shape index (κ2) is 15.0. The minimum atomic E-state index is 0.697. The number of nitrogens with zero attached hydrogens (tertiary/aromatic N) is 2. The Morgan fingerprint density at radius 1 is 0.620 bits per heavy atom. The SMILES string of the molecule is C=C(CC)C/C=C(\C=C/C)c1cccc(-c2nc(-c3ccc(-c4cccc5ccccc45)cc3)ncc2-c2ccc(-c3ccccc3)cc2)c1. The van der Waals surface area contributed by atoms with Gasteiger partial charge in [-0.15, -0.1) is 0 Å². The van der Waals surface area contributed by atoms with Crippen LogP contribution in [0.4, 0.5) is 0 Å². The lowest BCUT2D eigenvalue weighted by Crippen LogP contribution is -1.97. The van der Waals surface area contributed by atoms with Gasteiger partial charge in [0.25, 0.3) is 0 Å². The van der Waals surface area contributed by atoms with Crippen molar-refractivity contribution in [1.29, 1.82) is 0 Å². The van der Waals surface area contributed by atoms with Crippen molar-refractivity contribution in [3.8, 4) is 56.0 Å². The van der Waals surface area contributed by atoms with Crippen LogP contribution in [0.3, 0.4) is 0 Å². The van der Waals surface area contributed by atoms with Gasteiger partial charge in [0.15, 0.2) is 5.82 Å². The zero-order valence-corrected chi connectivity index (χ0v) is 28.7. The highest BCUT2D eigenvalue weighted by Gasteiger charge is 2.15. The minimum absolute atomic E-state index is 0.697. The predicted octanol–water partition coefficient (Wildman–Crippen LogP) is 13.3. The molecular formula is C48H40N2. The third-order valence-corrected chi connectivity index (χ3v) is 9.26. The molecule has 6 aromatic carbocycles. The number of hydrogen-bond donors (Lipinski definition) is 0. The second-order valence-corrected chi connectivity index (χ2v) is 12.6. The molecule has 1 aromatic heterocycles. The lowest BCUT2D eigenvalue weighted by molar-refractivity contribution is 1.04. The maximum Gasteiger partial charge on any atom is 0.159 e. The van der Waals surface area contributed by atoms with E-state index in [1.807, 2.05) is 12.3 Å². The van der Waals surface area contributed by atoms with Crippen molar-refractivity contribution >= 4 is 16.3 Å². The topological polar surface area (TPSA) is 25.8 Å². The van der Waals surface area contributed by atoms with E-state index >= 15 is 0 Å². The normalized spacial score (nSPS) is 11.7. The fraction of sp³-hybridized carbons (Fsp3) is 0.0833. The van der Waals surface area contributed by atoms with Crippen LogP contribution in [0.25, 0.3) is 72.4 Å². The molecule has 2 nitrogen and oxygen atoms in total. The van der Waals surface area contributed by atoms with Gasteiger partial charge in [0.2, 0.25) is 0 Å². The van der Waals surface area contributed by atoms with Crippen LogP contribution in [0.5, 0.6) is 0 Å². The number of aromatic nitrogens is 2. The van der Waals surface area contributed by atoms with Gasteiger partial charge >= 0.3 is 0 Å². The molecule has 7 rings (SSSR count). The quantitative estimate of drug-likeness (QED) is 0.109. The summed E-state index contributed by atoms with van der Waals surface area (Å²) in [5.41, 5.74) is 13.3. The molecule has 0 atom stereocenters. The molecular weight excluding hydrogens is 605 g/mol. The first-order chi connectivity index (χ1) is 24.6. The van der Waals surface area contributed by atoms with Crippen LogP contribution in [-0.4, -0.2) is 9.97 Å². The van der Waals surface area contributed by atoms with Crippen LogP contribution >= 0.6 is 0 Å². The van der Waals surface area contributed by atoms with Crippen LogP contribution in [0, 0.1) is 0 Å². The Bertz CT molecular complexity index is 2320. The molecule has 0 saturated heterocycles. The molecule has 0 radical (unpaired) electrons. The van der Waals surface area contributed by atoms with E-state index in [-0.39, 0.29) is 0 Å². The zero-order chi connectivity index (χ0) is 34.3. The third-order valence-electron chi connectivity index (χ3n) is 9.26. The lowest BCUT2D eigenvalue weighted by Gasteiger charge is -2.14. The molecule has 0 aliphatic carbocycles. The molecule has 242 valence electrons. The summed E-state index contributed by atoms with van der Waals surface area (Å²) in [5.74, 6) is 0.697. The Kier molecular flexibility index (Phi) is 9.71. The van der Waals surface area contributed by atoms with Crippen molar-refractivity contribution in [2.75, 3.05) is 0 Å². The standard InChI is InChI=1S/C48H40N2/c1-4-13-35(23-22-34(3)5-2)42-18-11-19-43(32-42)47-46(40-26-24-37(25-27-40)36-14-7-6-8-15-36)33-49-48(50-47)41-30-28-39(29-31-41)45-21-12-17-38-16-9-10-20-44(38)45/h4,6-21,23-33H,3,5,22H2,1-2H3/b13-4-,35-23+. The molecule has 0 fully saturated rings. The highest BCUT2D eigenvalue weighted by Crippen LogP contribution is 2.36. The summed E-state index contributed by atoms with van der Waals surface area (Å²) in [4.78, 5) is 10.2. The van der Waals surface area contributed by atoms with E-state index < -0.39 is 0 Å². The van der Waals surface area contributed by atoms with Crippen molar-refractivity contribution in [2.24, 2.45) is 0 Å². The molecule has 0 amide bonds. The average molecular weight is 645 g/mol. The van der Waals surface area contributed by atoms with Crippen LogP contribution in [-0.2, 0) is 0 Å². The van der Waals surface area contributed by atoms with Gasteiger partial charge in [-0.05, 0) is 75.6 Å². The molecule has 7 aromatic rings. The summed E-state index contributed by atoms with van der Waals surface area (Å²) < 4.78 is 0. The molecule has 0 bridgehead atoms. The Morgan fingerprint density at radius 2 is 1.24 bits per heavy atom. The summed E-state index contributed by atoms with van der Waals surface area (Å²) in [5, 5.41) is 2.48. The summed E-state index contributed by atoms with van der Waals surface area (Å²) in [6.45, 7) is 8.44. The predicted molar refractivity (Wildman–Crippen MR) is 214 cm³/mol. The summed E-state index contributed by atoms with van der Waals surface area (Å²) in [6, 6.07) is 51.5. The first-order valence-corrected chi connectivity index (χ1v) is 17.3. The van der Waals surface area contributed by atoms with Gasteiger partial charge in [-0.25, -0.2) is 9.97 Å². The Hall–Kier alpha value is -6.12. The smallest absolute Gasteiger partial charge is 0.159 e. The second-order valence-electron chi connectivity index (χ2n) is 12.6. The average Bonchev–Trinajstić information content (AvgIpc) is 3.19. The van der Waals surface area contributed by atoms with Crippen LogP contribution in [0.1, 0.15) is 32.3 Å². The van der Waals surface area contributed by atoms with Crippen LogP contribution < -0.4 is 0 Å². The maximum atomic E-state index is 5.29. The number of benzene rings is 6. The molecule has 0 aliphatic rings. The van der Waals surface area contributed by atoms with E-state index in [1.165, 1.54) is 44.2 Å². The molecule has 0 saturated carbocycles. The van der Waals surface area contributed by atoms with E-state index in [1.54, 1.807) is 0 Å². The Labute approximate surface area is 295 Å². The van der Waals surface area contributed by atoms with E-state index in [0.717, 1.165) is 46.4 Å².